The molecular weight excluding hydrogens is 582 g/mol. The first-order chi connectivity index (χ1) is 22.3. The van der Waals surface area contributed by atoms with Gasteiger partial charge in [0.1, 0.15) is 22.5 Å². The smallest absolute Gasteiger partial charge is 0.253 e. The molecule has 2 heterocycles. The number of fused-ring (bicyclic) bond motifs is 4. The lowest BCUT2D eigenvalue weighted by Gasteiger charge is -2.31. The van der Waals surface area contributed by atoms with E-state index in [1.165, 1.54) is 0 Å². The van der Waals surface area contributed by atoms with Crippen molar-refractivity contribution in [2.24, 2.45) is 5.73 Å². The standard InChI is InChI=1S/C35H35N7O4/c1-5-23(41-34(43)21-9-7-11-27-32(21)39-29-17-19(45-3)13-15-25(29)37-27)31(36)24(6-2)42-35(44)22-10-8-12-28-33(22)40-30-18-20(46-4)14-16-26(30)38-28/h7-18,23-24,31H,5-6,36H2,1-4H3,(H,41,43)(H,42,44). The second-order valence-electron chi connectivity index (χ2n) is 11.1. The van der Waals surface area contributed by atoms with E-state index in [9.17, 15) is 9.59 Å². The molecule has 0 aliphatic rings. The van der Waals surface area contributed by atoms with Gasteiger partial charge in [-0.1, -0.05) is 26.0 Å². The zero-order chi connectivity index (χ0) is 32.4. The number of carbonyl (C=O) groups is 2. The van der Waals surface area contributed by atoms with Gasteiger partial charge in [0, 0.05) is 30.3 Å². The van der Waals surface area contributed by atoms with Gasteiger partial charge < -0.3 is 25.8 Å². The molecule has 2 unspecified atom stereocenters. The van der Waals surface area contributed by atoms with E-state index in [0.717, 1.165) is 0 Å². The highest BCUT2D eigenvalue weighted by molar-refractivity contribution is 6.07. The Balaban J connectivity index is 1.24. The number of ether oxygens (including phenoxy) is 2. The topological polar surface area (TPSA) is 154 Å². The van der Waals surface area contributed by atoms with Crippen LogP contribution < -0.4 is 25.8 Å². The van der Waals surface area contributed by atoms with E-state index in [1.807, 2.05) is 50.2 Å². The number of methoxy groups -OCH3 is 2. The van der Waals surface area contributed by atoms with Gasteiger partial charge >= 0.3 is 0 Å². The summed E-state index contributed by atoms with van der Waals surface area (Å²) < 4.78 is 10.7. The Bertz CT molecular complexity index is 1950. The van der Waals surface area contributed by atoms with Crippen LogP contribution in [0.4, 0.5) is 0 Å². The number of aromatic nitrogens is 4. The van der Waals surface area contributed by atoms with Crippen molar-refractivity contribution in [3.8, 4) is 11.5 Å². The Morgan fingerprint density at radius 3 is 1.46 bits per heavy atom. The van der Waals surface area contributed by atoms with E-state index < -0.39 is 18.1 Å². The fourth-order valence-corrected chi connectivity index (χ4v) is 5.69. The summed E-state index contributed by atoms with van der Waals surface area (Å²) in [4.78, 5) is 46.2. The number of benzene rings is 4. The zero-order valence-corrected chi connectivity index (χ0v) is 26.1. The van der Waals surface area contributed by atoms with E-state index in [0.29, 0.717) is 79.6 Å². The van der Waals surface area contributed by atoms with Gasteiger partial charge in [-0.05, 0) is 61.4 Å². The Morgan fingerprint density at radius 1 is 0.630 bits per heavy atom. The normalized spacial score (nSPS) is 13.4. The van der Waals surface area contributed by atoms with Crippen LogP contribution in [0, 0.1) is 0 Å². The molecule has 0 spiro atoms. The molecule has 0 saturated carbocycles. The molecule has 6 rings (SSSR count). The van der Waals surface area contributed by atoms with Crippen molar-refractivity contribution in [1.82, 2.24) is 30.6 Å². The molecule has 2 atom stereocenters. The lowest BCUT2D eigenvalue weighted by molar-refractivity contribution is 0.0909. The van der Waals surface area contributed by atoms with E-state index in [4.69, 9.17) is 35.1 Å². The number of nitrogens with two attached hydrogens (primary N) is 1. The van der Waals surface area contributed by atoms with Crippen LogP contribution in [0.15, 0.2) is 72.8 Å². The van der Waals surface area contributed by atoms with Gasteiger partial charge in [-0.25, -0.2) is 19.9 Å². The molecule has 0 fully saturated rings. The van der Waals surface area contributed by atoms with Crippen molar-refractivity contribution in [2.75, 3.05) is 14.2 Å². The zero-order valence-electron chi connectivity index (χ0n) is 26.1. The molecule has 0 aliphatic heterocycles. The van der Waals surface area contributed by atoms with Crippen LogP contribution in [0.5, 0.6) is 11.5 Å². The highest BCUT2D eigenvalue weighted by atomic mass is 16.5. The minimum atomic E-state index is -0.583. The van der Waals surface area contributed by atoms with Crippen LogP contribution in [0.2, 0.25) is 0 Å². The summed E-state index contributed by atoms with van der Waals surface area (Å²) in [7, 11) is 3.17. The molecule has 0 bridgehead atoms. The molecule has 6 aromatic rings. The number of hydrogen-bond acceptors (Lipinski definition) is 9. The molecule has 0 radical (unpaired) electrons. The molecule has 4 aromatic carbocycles. The van der Waals surface area contributed by atoms with Crippen molar-refractivity contribution in [3.63, 3.8) is 0 Å². The average Bonchev–Trinajstić information content (AvgIpc) is 3.09. The van der Waals surface area contributed by atoms with E-state index >= 15 is 0 Å². The van der Waals surface area contributed by atoms with Crippen LogP contribution in [0.25, 0.3) is 44.1 Å². The van der Waals surface area contributed by atoms with Crippen LogP contribution in [0.1, 0.15) is 47.4 Å². The third kappa shape index (κ3) is 5.84. The summed E-state index contributed by atoms with van der Waals surface area (Å²) in [5.41, 5.74) is 12.3. The fraction of sp³-hybridized carbons (Fsp3) is 0.257. The van der Waals surface area contributed by atoms with Crippen molar-refractivity contribution < 1.29 is 19.1 Å². The van der Waals surface area contributed by atoms with Crippen LogP contribution in [-0.2, 0) is 0 Å². The van der Waals surface area contributed by atoms with Crippen LogP contribution in [0.3, 0.4) is 0 Å². The number of nitrogens with one attached hydrogen (secondary N) is 2. The van der Waals surface area contributed by atoms with Gasteiger partial charge in [0.15, 0.2) is 0 Å². The van der Waals surface area contributed by atoms with Gasteiger partial charge in [-0.2, -0.15) is 0 Å². The number of para-hydroxylation sites is 2. The predicted molar refractivity (Wildman–Crippen MR) is 178 cm³/mol. The van der Waals surface area contributed by atoms with E-state index in [-0.39, 0.29) is 11.8 Å². The van der Waals surface area contributed by atoms with E-state index in [1.54, 1.807) is 50.6 Å². The van der Waals surface area contributed by atoms with Crippen molar-refractivity contribution in [1.29, 1.82) is 0 Å². The highest BCUT2D eigenvalue weighted by Gasteiger charge is 2.28. The number of nitrogens with zero attached hydrogens (tertiary/aromatic N) is 4. The summed E-state index contributed by atoms with van der Waals surface area (Å²) in [5, 5.41) is 6.18. The SMILES string of the molecule is CCC(NC(=O)c1cccc2nc3ccc(OC)cc3nc12)C(N)C(CC)NC(=O)c1cccc2nc3ccc(OC)cc3nc12. The van der Waals surface area contributed by atoms with Crippen molar-refractivity contribution in [3.05, 3.63) is 83.9 Å². The monoisotopic (exact) mass is 617 g/mol. The lowest BCUT2D eigenvalue weighted by atomic mass is 9.95. The molecule has 4 N–H and O–H groups in total. The lowest BCUT2D eigenvalue weighted by Crippen LogP contribution is -2.58. The second-order valence-corrected chi connectivity index (χ2v) is 11.1. The predicted octanol–water partition coefficient (Wildman–Crippen LogP) is 4.94. The third-order valence-electron chi connectivity index (χ3n) is 8.27. The van der Waals surface area contributed by atoms with Gasteiger partial charge in [0.25, 0.3) is 11.8 Å². The maximum Gasteiger partial charge on any atom is 0.253 e. The number of carbonyl (C=O) groups excluding carboxylic acids is 2. The summed E-state index contributed by atoms with van der Waals surface area (Å²) in [6.45, 7) is 3.89. The minimum Gasteiger partial charge on any atom is -0.497 e. The van der Waals surface area contributed by atoms with Gasteiger partial charge in [0.2, 0.25) is 0 Å². The summed E-state index contributed by atoms with van der Waals surface area (Å²) in [6, 6.07) is 20.1. The third-order valence-corrected chi connectivity index (χ3v) is 8.27. The molecule has 11 nitrogen and oxygen atoms in total. The first kappa shape index (κ1) is 30.6. The number of rotatable bonds is 10. The van der Waals surface area contributed by atoms with Crippen LogP contribution >= 0.6 is 0 Å². The first-order valence-corrected chi connectivity index (χ1v) is 15.2. The first-order valence-electron chi connectivity index (χ1n) is 15.2. The van der Waals surface area contributed by atoms with Gasteiger partial charge in [-0.3, -0.25) is 9.59 Å². The molecule has 2 amide bonds. The molecule has 11 heteroatoms. The average molecular weight is 618 g/mol. The minimum absolute atomic E-state index is 0.322. The number of amides is 2. The van der Waals surface area contributed by atoms with Crippen molar-refractivity contribution >= 4 is 55.9 Å². The van der Waals surface area contributed by atoms with Gasteiger partial charge in [0.05, 0.1) is 58.4 Å². The molecule has 234 valence electrons. The Kier molecular flexibility index (Phi) is 8.58. The highest BCUT2D eigenvalue weighted by Crippen LogP contribution is 2.25. The molecule has 2 aromatic heterocycles. The second kappa shape index (κ2) is 12.9. The summed E-state index contributed by atoms with van der Waals surface area (Å²) in [6.07, 6.45) is 1.09. The number of hydrogen-bond donors (Lipinski definition) is 3. The molecular formula is C35H35N7O4. The largest absolute Gasteiger partial charge is 0.497 e. The molecule has 0 aliphatic carbocycles. The molecule has 0 saturated heterocycles. The Morgan fingerprint density at radius 2 is 1.07 bits per heavy atom. The maximum atomic E-state index is 13.7. The summed E-state index contributed by atoms with van der Waals surface area (Å²) >= 11 is 0. The van der Waals surface area contributed by atoms with Crippen molar-refractivity contribution in [2.45, 2.75) is 44.8 Å². The fourth-order valence-electron chi connectivity index (χ4n) is 5.69. The maximum absolute atomic E-state index is 13.7. The van der Waals surface area contributed by atoms with E-state index in [2.05, 4.69) is 10.6 Å². The molecule has 46 heavy (non-hydrogen) atoms. The Labute approximate surface area is 265 Å². The Hall–Kier alpha value is -5.42. The van der Waals surface area contributed by atoms with Gasteiger partial charge in [-0.15, -0.1) is 0 Å². The van der Waals surface area contributed by atoms with Crippen LogP contribution in [-0.4, -0.2) is 64.1 Å². The quantitative estimate of drug-likeness (QED) is 0.181. The summed E-state index contributed by atoms with van der Waals surface area (Å²) in [5.74, 6) is 0.656.